The van der Waals surface area contributed by atoms with E-state index >= 15 is 0 Å². The van der Waals surface area contributed by atoms with Gasteiger partial charge in [-0.3, -0.25) is 14.8 Å². The fourth-order valence-corrected chi connectivity index (χ4v) is 3.46. The fraction of sp³-hybridized carbons (Fsp3) is 0.292. The molecule has 0 saturated heterocycles. The zero-order valence-corrected chi connectivity index (χ0v) is 21.2. The van der Waals surface area contributed by atoms with E-state index < -0.39 is 0 Å². The lowest BCUT2D eigenvalue weighted by molar-refractivity contribution is 0.102. The van der Waals surface area contributed by atoms with Crippen molar-refractivity contribution in [1.29, 1.82) is 0 Å². The second-order valence-corrected chi connectivity index (χ2v) is 7.73. The molecule has 0 aliphatic heterocycles. The number of nitrogens with zero attached hydrogens (tertiary/aromatic N) is 2. The lowest BCUT2D eigenvalue weighted by Crippen LogP contribution is -2.18. The molecular weight excluding hydrogens is 467 g/mol. The van der Waals surface area contributed by atoms with Crippen LogP contribution in [0.5, 0.6) is 0 Å². The SMILES string of the molecule is Cc1ccc(-c2c(CN)c(CC(C)C)nc(C)c2NC(=O)c2ccncc2)cc1.Cl.Cl.Cl. The molecule has 2 heterocycles. The van der Waals surface area contributed by atoms with Crippen LogP contribution in [0.4, 0.5) is 5.69 Å². The van der Waals surface area contributed by atoms with E-state index in [0.29, 0.717) is 23.7 Å². The standard InChI is InChI=1S/C24H28N4O.3ClH/c1-15(2)13-21-20(14-25)22(18-7-5-16(3)6-8-18)23(17(4)27-21)28-24(29)19-9-11-26-12-10-19;;;/h5-12,15H,13-14,25H2,1-4H3,(H,28,29);3*1H. The van der Waals surface area contributed by atoms with E-state index in [9.17, 15) is 4.79 Å². The predicted octanol–water partition coefficient (Wildman–Crippen LogP) is 5.94. The van der Waals surface area contributed by atoms with Crippen molar-refractivity contribution in [2.24, 2.45) is 11.7 Å². The molecule has 5 nitrogen and oxygen atoms in total. The van der Waals surface area contributed by atoms with Crippen molar-refractivity contribution in [2.75, 3.05) is 5.32 Å². The first-order chi connectivity index (χ1) is 13.9. The van der Waals surface area contributed by atoms with Gasteiger partial charge in [-0.1, -0.05) is 43.7 Å². The van der Waals surface area contributed by atoms with E-state index in [1.54, 1.807) is 24.5 Å². The Hall–Kier alpha value is -2.18. The molecule has 1 aromatic carbocycles. The van der Waals surface area contributed by atoms with Gasteiger partial charge in [0, 0.05) is 35.8 Å². The van der Waals surface area contributed by atoms with Crippen LogP contribution in [0.1, 0.15) is 46.7 Å². The van der Waals surface area contributed by atoms with Crippen LogP contribution in [0.2, 0.25) is 0 Å². The number of aryl methyl sites for hydroxylation is 2. The number of aromatic nitrogens is 2. The number of rotatable bonds is 6. The van der Waals surface area contributed by atoms with Crippen molar-refractivity contribution < 1.29 is 4.79 Å². The van der Waals surface area contributed by atoms with Gasteiger partial charge in [-0.25, -0.2) is 0 Å². The summed E-state index contributed by atoms with van der Waals surface area (Å²) in [5.74, 6) is 0.264. The van der Waals surface area contributed by atoms with Crippen LogP contribution in [-0.2, 0) is 13.0 Å². The lowest BCUT2D eigenvalue weighted by Gasteiger charge is -2.21. The predicted molar refractivity (Wildman–Crippen MR) is 140 cm³/mol. The van der Waals surface area contributed by atoms with Crippen LogP contribution in [0.15, 0.2) is 48.8 Å². The molecule has 0 saturated carbocycles. The monoisotopic (exact) mass is 496 g/mol. The molecule has 0 unspecified atom stereocenters. The minimum Gasteiger partial charge on any atom is -0.326 e. The van der Waals surface area contributed by atoms with E-state index in [-0.39, 0.29) is 43.1 Å². The molecule has 3 N–H and O–H groups in total. The summed E-state index contributed by atoms with van der Waals surface area (Å²) in [5.41, 5.74) is 13.4. The van der Waals surface area contributed by atoms with E-state index in [0.717, 1.165) is 34.5 Å². The molecule has 1 amide bonds. The number of hydrogen-bond donors (Lipinski definition) is 2. The number of hydrogen-bond acceptors (Lipinski definition) is 4. The molecular formula is C24H31Cl3N4O. The van der Waals surface area contributed by atoms with Crippen molar-refractivity contribution in [3.8, 4) is 11.1 Å². The third-order valence-corrected chi connectivity index (χ3v) is 4.89. The lowest BCUT2D eigenvalue weighted by atomic mass is 9.92. The Kier molecular flexibility index (Phi) is 12.5. The molecule has 0 spiro atoms. The van der Waals surface area contributed by atoms with Gasteiger partial charge < -0.3 is 11.1 Å². The number of nitrogens with one attached hydrogen (secondary N) is 1. The van der Waals surface area contributed by atoms with Crippen LogP contribution in [0.3, 0.4) is 0 Å². The van der Waals surface area contributed by atoms with Crippen LogP contribution < -0.4 is 11.1 Å². The Morgan fingerprint density at radius 2 is 1.59 bits per heavy atom. The molecule has 0 radical (unpaired) electrons. The Morgan fingerprint density at radius 3 is 2.12 bits per heavy atom. The first kappa shape index (κ1) is 29.8. The molecule has 2 aromatic heterocycles. The smallest absolute Gasteiger partial charge is 0.255 e. The number of pyridine rings is 2. The van der Waals surface area contributed by atoms with Crippen molar-refractivity contribution in [3.05, 3.63) is 76.9 Å². The average molecular weight is 498 g/mol. The summed E-state index contributed by atoms with van der Waals surface area (Å²) in [7, 11) is 0. The Bertz CT molecular complexity index is 1010. The van der Waals surface area contributed by atoms with Crippen LogP contribution in [0.25, 0.3) is 11.1 Å². The van der Waals surface area contributed by atoms with Gasteiger partial charge in [0.25, 0.3) is 5.91 Å². The highest BCUT2D eigenvalue weighted by Gasteiger charge is 2.21. The van der Waals surface area contributed by atoms with Crippen LogP contribution in [0, 0.1) is 19.8 Å². The Morgan fingerprint density at radius 1 is 1.00 bits per heavy atom. The van der Waals surface area contributed by atoms with E-state index in [1.165, 1.54) is 5.56 Å². The number of amides is 1. The summed E-state index contributed by atoms with van der Waals surface area (Å²) in [4.78, 5) is 21.7. The molecule has 32 heavy (non-hydrogen) atoms. The highest BCUT2D eigenvalue weighted by molar-refractivity contribution is 6.07. The highest BCUT2D eigenvalue weighted by atomic mass is 35.5. The second kappa shape index (κ2) is 13.4. The quantitative estimate of drug-likeness (QED) is 0.442. The maximum Gasteiger partial charge on any atom is 0.255 e. The van der Waals surface area contributed by atoms with Gasteiger partial charge in [0.15, 0.2) is 0 Å². The molecule has 0 fully saturated rings. The number of carbonyl (C=O) groups is 1. The highest BCUT2D eigenvalue weighted by Crippen LogP contribution is 2.36. The zero-order chi connectivity index (χ0) is 21.0. The van der Waals surface area contributed by atoms with Crippen LogP contribution >= 0.6 is 37.2 Å². The van der Waals surface area contributed by atoms with E-state index in [1.807, 2.05) is 6.92 Å². The van der Waals surface area contributed by atoms with E-state index in [4.69, 9.17) is 10.7 Å². The molecule has 0 aliphatic rings. The number of halogens is 3. The zero-order valence-electron chi connectivity index (χ0n) is 18.7. The Balaban J connectivity index is 0.00000320. The summed E-state index contributed by atoms with van der Waals surface area (Å²) in [6, 6.07) is 11.7. The van der Waals surface area contributed by atoms with Crippen LogP contribution in [-0.4, -0.2) is 15.9 Å². The van der Waals surface area contributed by atoms with Crippen molar-refractivity contribution in [2.45, 2.75) is 40.7 Å². The van der Waals surface area contributed by atoms with E-state index in [2.05, 4.69) is 55.3 Å². The summed E-state index contributed by atoms with van der Waals surface area (Å²) in [6.45, 7) is 8.69. The van der Waals surface area contributed by atoms with Gasteiger partial charge >= 0.3 is 0 Å². The molecule has 174 valence electrons. The number of anilines is 1. The number of benzene rings is 1. The maximum absolute atomic E-state index is 12.9. The molecule has 0 bridgehead atoms. The molecule has 8 heteroatoms. The van der Waals surface area contributed by atoms with Crippen molar-refractivity contribution in [3.63, 3.8) is 0 Å². The van der Waals surface area contributed by atoms with Crippen molar-refractivity contribution >= 4 is 48.8 Å². The molecule has 0 atom stereocenters. The summed E-state index contributed by atoms with van der Waals surface area (Å²) < 4.78 is 0. The van der Waals surface area contributed by atoms with Gasteiger partial charge in [-0.15, -0.1) is 37.2 Å². The first-order valence-electron chi connectivity index (χ1n) is 9.91. The topological polar surface area (TPSA) is 80.9 Å². The molecule has 3 rings (SSSR count). The molecule has 3 aromatic rings. The van der Waals surface area contributed by atoms with Crippen molar-refractivity contribution in [1.82, 2.24) is 9.97 Å². The molecule has 0 aliphatic carbocycles. The maximum atomic E-state index is 12.9. The third-order valence-electron chi connectivity index (χ3n) is 4.89. The third kappa shape index (κ3) is 6.91. The van der Waals surface area contributed by atoms with Gasteiger partial charge in [0.2, 0.25) is 0 Å². The average Bonchev–Trinajstić information content (AvgIpc) is 2.70. The summed E-state index contributed by atoms with van der Waals surface area (Å²) in [6.07, 6.45) is 4.06. The van der Waals surface area contributed by atoms with Gasteiger partial charge in [0.1, 0.15) is 0 Å². The fourth-order valence-electron chi connectivity index (χ4n) is 3.46. The van der Waals surface area contributed by atoms with Gasteiger partial charge in [-0.05, 0) is 49.4 Å². The first-order valence-corrected chi connectivity index (χ1v) is 9.91. The number of nitrogens with two attached hydrogens (primary N) is 1. The van der Waals surface area contributed by atoms with Gasteiger partial charge in [-0.2, -0.15) is 0 Å². The largest absolute Gasteiger partial charge is 0.326 e. The van der Waals surface area contributed by atoms with Gasteiger partial charge in [0.05, 0.1) is 11.4 Å². The summed E-state index contributed by atoms with van der Waals surface area (Å²) >= 11 is 0. The second-order valence-electron chi connectivity index (χ2n) is 7.73. The summed E-state index contributed by atoms with van der Waals surface area (Å²) in [5, 5.41) is 3.08. The number of carbonyl (C=O) groups excluding carboxylic acids is 1. The normalized spacial score (nSPS) is 9.94. The Labute approximate surface area is 208 Å². The minimum absolute atomic E-state index is 0. The minimum atomic E-state index is -0.190.